The van der Waals surface area contributed by atoms with E-state index in [0.717, 1.165) is 18.7 Å². The summed E-state index contributed by atoms with van der Waals surface area (Å²) in [5.41, 5.74) is 2.04. The molecule has 0 bridgehead atoms. The van der Waals surface area contributed by atoms with Gasteiger partial charge in [0.25, 0.3) is 5.69 Å². The summed E-state index contributed by atoms with van der Waals surface area (Å²) < 4.78 is 0. The number of Topliss-reactive ketones (excluding diaryl/α,β-unsaturated/α-hetero) is 1. The van der Waals surface area contributed by atoms with E-state index in [-0.39, 0.29) is 17.5 Å². The van der Waals surface area contributed by atoms with Crippen LogP contribution >= 0.6 is 0 Å². The molecule has 1 heterocycles. The van der Waals surface area contributed by atoms with Crippen molar-refractivity contribution in [2.24, 2.45) is 0 Å². The second kappa shape index (κ2) is 7.03. The Bertz CT molecular complexity index is 792. The van der Waals surface area contributed by atoms with Crippen LogP contribution in [0.1, 0.15) is 28.9 Å². The minimum atomic E-state index is -0.401. The van der Waals surface area contributed by atoms with Crippen LogP contribution in [0.4, 0.5) is 11.4 Å². The molecule has 0 N–H and O–H groups in total. The first-order valence-electron chi connectivity index (χ1n) is 8.27. The molecule has 0 unspecified atom stereocenters. The monoisotopic (exact) mass is 339 g/mol. The SMILES string of the molecule is CC(=O)c1ccc(N2CCN(C)C[C@H]2c2ccccc2)c([N+](=O)[O-])c1. The number of benzene rings is 2. The molecule has 25 heavy (non-hydrogen) atoms. The third-order valence-electron chi connectivity index (χ3n) is 4.66. The Morgan fingerprint density at radius 3 is 2.52 bits per heavy atom. The van der Waals surface area contributed by atoms with Gasteiger partial charge in [-0.1, -0.05) is 30.3 Å². The van der Waals surface area contributed by atoms with Gasteiger partial charge in [0.15, 0.2) is 5.78 Å². The highest BCUT2D eigenvalue weighted by Crippen LogP contribution is 2.36. The molecule has 3 rings (SSSR count). The zero-order valence-corrected chi connectivity index (χ0v) is 14.4. The van der Waals surface area contributed by atoms with Gasteiger partial charge in [-0.3, -0.25) is 14.9 Å². The molecule has 1 saturated heterocycles. The Labute approximate surface area is 146 Å². The van der Waals surface area contributed by atoms with Gasteiger partial charge in [-0.05, 0) is 31.7 Å². The standard InChI is InChI=1S/C19H21N3O3/c1-14(23)16-8-9-17(18(12-16)22(24)25)21-11-10-20(2)13-19(21)15-6-4-3-5-7-15/h3-9,12,19H,10-11,13H2,1-2H3/t19-/m0/s1. The Balaban J connectivity index is 2.06. The fraction of sp³-hybridized carbons (Fsp3) is 0.316. The van der Waals surface area contributed by atoms with Crippen LogP contribution in [0, 0.1) is 10.1 Å². The molecule has 130 valence electrons. The van der Waals surface area contributed by atoms with Crippen LogP contribution in [0.2, 0.25) is 0 Å². The highest BCUT2D eigenvalue weighted by atomic mass is 16.6. The van der Waals surface area contributed by atoms with E-state index < -0.39 is 4.92 Å². The lowest BCUT2D eigenvalue weighted by atomic mass is 10.0. The largest absolute Gasteiger partial charge is 0.356 e. The molecule has 1 aliphatic heterocycles. The molecule has 0 spiro atoms. The van der Waals surface area contributed by atoms with Gasteiger partial charge in [-0.2, -0.15) is 0 Å². The fourth-order valence-corrected chi connectivity index (χ4v) is 3.30. The number of rotatable bonds is 4. The van der Waals surface area contributed by atoms with E-state index in [1.54, 1.807) is 12.1 Å². The van der Waals surface area contributed by atoms with E-state index in [1.165, 1.54) is 13.0 Å². The van der Waals surface area contributed by atoms with Crippen molar-refractivity contribution in [3.05, 3.63) is 69.8 Å². The van der Waals surface area contributed by atoms with Crippen molar-refractivity contribution in [3.8, 4) is 0 Å². The zero-order chi connectivity index (χ0) is 18.0. The third-order valence-corrected chi connectivity index (χ3v) is 4.66. The Morgan fingerprint density at radius 1 is 1.16 bits per heavy atom. The van der Waals surface area contributed by atoms with Gasteiger partial charge in [0.2, 0.25) is 0 Å². The molecule has 2 aromatic carbocycles. The second-order valence-corrected chi connectivity index (χ2v) is 6.40. The van der Waals surface area contributed by atoms with Crippen molar-refractivity contribution in [1.82, 2.24) is 4.90 Å². The van der Waals surface area contributed by atoms with E-state index in [2.05, 4.69) is 16.8 Å². The number of hydrogen-bond donors (Lipinski definition) is 0. The van der Waals surface area contributed by atoms with E-state index in [1.807, 2.05) is 30.3 Å². The summed E-state index contributed by atoms with van der Waals surface area (Å²) in [6.07, 6.45) is 0. The zero-order valence-electron chi connectivity index (χ0n) is 14.4. The molecule has 1 atom stereocenters. The van der Waals surface area contributed by atoms with Crippen LogP contribution in [0.15, 0.2) is 48.5 Å². The van der Waals surface area contributed by atoms with Crippen LogP contribution in [-0.2, 0) is 0 Å². The van der Waals surface area contributed by atoms with Crippen LogP contribution in [-0.4, -0.2) is 42.3 Å². The number of carbonyl (C=O) groups excluding carboxylic acids is 1. The fourth-order valence-electron chi connectivity index (χ4n) is 3.30. The molecule has 6 nitrogen and oxygen atoms in total. The third kappa shape index (κ3) is 3.53. The van der Waals surface area contributed by atoms with Gasteiger partial charge in [0.1, 0.15) is 5.69 Å². The minimum Gasteiger partial charge on any atom is -0.356 e. The number of hydrogen-bond acceptors (Lipinski definition) is 5. The number of anilines is 1. The molecule has 0 saturated carbocycles. The highest BCUT2D eigenvalue weighted by Gasteiger charge is 2.31. The average molecular weight is 339 g/mol. The minimum absolute atomic E-state index is 0.0156. The number of piperazine rings is 1. The number of carbonyl (C=O) groups is 1. The molecular weight excluding hydrogens is 318 g/mol. The molecule has 1 aliphatic rings. The molecule has 0 radical (unpaired) electrons. The first kappa shape index (κ1) is 17.1. The van der Waals surface area contributed by atoms with Crippen molar-refractivity contribution < 1.29 is 9.72 Å². The lowest BCUT2D eigenvalue weighted by Crippen LogP contribution is -2.47. The first-order valence-corrected chi connectivity index (χ1v) is 8.27. The normalized spacial score (nSPS) is 18.2. The molecule has 1 fully saturated rings. The van der Waals surface area contributed by atoms with Crippen molar-refractivity contribution in [3.63, 3.8) is 0 Å². The summed E-state index contributed by atoms with van der Waals surface area (Å²) >= 11 is 0. The molecule has 6 heteroatoms. The molecular formula is C19H21N3O3. The molecule has 0 aliphatic carbocycles. The number of nitrogens with zero attached hydrogens (tertiary/aromatic N) is 3. The highest BCUT2D eigenvalue weighted by molar-refractivity contribution is 5.95. The Morgan fingerprint density at radius 2 is 1.88 bits per heavy atom. The summed E-state index contributed by atoms with van der Waals surface area (Å²) in [7, 11) is 2.06. The smallest absolute Gasteiger partial charge is 0.293 e. The van der Waals surface area contributed by atoms with Crippen LogP contribution in [0.3, 0.4) is 0 Å². The maximum atomic E-state index is 11.6. The van der Waals surface area contributed by atoms with E-state index in [9.17, 15) is 14.9 Å². The summed E-state index contributed by atoms with van der Waals surface area (Å²) in [6, 6.07) is 14.8. The number of likely N-dealkylation sites (N-methyl/N-ethyl adjacent to an activating group) is 1. The predicted molar refractivity (Wildman–Crippen MR) is 97.1 cm³/mol. The topological polar surface area (TPSA) is 66.7 Å². The van der Waals surface area contributed by atoms with Gasteiger partial charge in [0, 0.05) is 31.3 Å². The van der Waals surface area contributed by atoms with E-state index in [4.69, 9.17) is 0 Å². The predicted octanol–water partition coefficient (Wildman–Crippen LogP) is 3.29. The van der Waals surface area contributed by atoms with Gasteiger partial charge >= 0.3 is 0 Å². The Hall–Kier alpha value is -2.73. The van der Waals surface area contributed by atoms with Crippen molar-refractivity contribution >= 4 is 17.2 Å². The van der Waals surface area contributed by atoms with Crippen LogP contribution in [0.5, 0.6) is 0 Å². The summed E-state index contributed by atoms with van der Waals surface area (Å²) in [4.78, 5) is 27.1. The van der Waals surface area contributed by atoms with Crippen molar-refractivity contribution in [2.45, 2.75) is 13.0 Å². The first-order chi connectivity index (χ1) is 12.0. The second-order valence-electron chi connectivity index (χ2n) is 6.40. The van der Waals surface area contributed by atoms with Gasteiger partial charge < -0.3 is 9.80 Å². The Kier molecular flexibility index (Phi) is 4.81. The maximum Gasteiger partial charge on any atom is 0.293 e. The van der Waals surface area contributed by atoms with Gasteiger partial charge in [0.05, 0.1) is 11.0 Å². The van der Waals surface area contributed by atoms with E-state index in [0.29, 0.717) is 17.8 Å². The lowest BCUT2D eigenvalue weighted by molar-refractivity contribution is -0.384. The van der Waals surface area contributed by atoms with Gasteiger partial charge in [-0.25, -0.2) is 0 Å². The maximum absolute atomic E-state index is 11.6. The van der Waals surface area contributed by atoms with Crippen molar-refractivity contribution in [1.29, 1.82) is 0 Å². The average Bonchev–Trinajstić information content (AvgIpc) is 2.62. The molecule has 0 amide bonds. The number of nitro groups is 1. The van der Waals surface area contributed by atoms with E-state index >= 15 is 0 Å². The van der Waals surface area contributed by atoms with Gasteiger partial charge in [-0.15, -0.1) is 0 Å². The lowest BCUT2D eigenvalue weighted by Gasteiger charge is -2.41. The number of nitro benzene ring substituents is 1. The van der Waals surface area contributed by atoms with Crippen LogP contribution in [0.25, 0.3) is 0 Å². The summed E-state index contributed by atoms with van der Waals surface area (Å²) in [5, 5.41) is 11.6. The summed E-state index contributed by atoms with van der Waals surface area (Å²) in [5.74, 6) is -0.173. The van der Waals surface area contributed by atoms with Crippen LogP contribution < -0.4 is 4.90 Å². The molecule has 2 aromatic rings. The quantitative estimate of drug-likeness (QED) is 0.486. The van der Waals surface area contributed by atoms with Crippen molar-refractivity contribution in [2.75, 3.05) is 31.6 Å². The molecule has 0 aromatic heterocycles. The summed E-state index contributed by atoms with van der Waals surface area (Å²) in [6.45, 7) is 3.72. The number of ketones is 1.